The molecule has 0 aromatic carbocycles. The van der Waals surface area contributed by atoms with Gasteiger partial charge in [0, 0.05) is 12.8 Å². The monoisotopic (exact) mass is 288 g/mol. The van der Waals surface area contributed by atoms with Crippen molar-refractivity contribution in [2.75, 3.05) is 36.2 Å². The zero-order chi connectivity index (χ0) is 14.3. The van der Waals surface area contributed by atoms with Crippen LogP contribution in [-0.4, -0.2) is 43.5 Å². The van der Waals surface area contributed by atoms with E-state index in [-0.39, 0.29) is 5.75 Å². The molecular formula is C11H20N4O3S. The van der Waals surface area contributed by atoms with E-state index < -0.39 is 9.84 Å². The zero-order valence-corrected chi connectivity index (χ0v) is 12.0. The normalized spacial score (nSPS) is 11.3. The van der Waals surface area contributed by atoms with E-state index in [9.17, 15) is 8.42 Å². The molecule has 0 atom stereocenters. The average molecular weight is 288 g/mol. The van der Waals surface area contributed by atoms with Gasteiger partial charge in [-0.3, -0.25) is 0 Å². The molecule has 0 unspecified atom stereocenters. The fourth-order valence-electron chi connectivity index (χ4n) is 1.38. The minimum Gasteiger partial charge on any atom is -0.476 e. The largest absolute Gasteiger partial charge is 0.476 e. The second-order valence-corrected chi connectivity index (χ2v) is 6.46. The van der Waals surface area contributed by atoms with E-state index >= 15 is 0 Å². The summed E-state index contributed by atoms with van der Waals surface area (Å²) in [5.41, 5.74) is 6.20. The summed E-state index contributed by atoms with van der Waals surface area (Å²) in [6, 6.07) is 0. The van der Waals surface area contributed by atoms with E-state index in [1.54, 1.807) is 0 Å². The Balaban J connectivity index is 2.54. The van der Waals surface area contributed by atoms with Crippen LogP contribution in [0.1, 0.15) is 19.8 Å². The second kappa shape index (κ2) is 7.13. The van der Waals surface area contributed by atoms with Gasteiger partial charge in [-0.25, -0.2) is 13.4 Å². The number of anilines is 2. The number of nitrogens with zero attached hydrogens (tertiary/aromatic N) is 2. The van der Waals surface area contributed by atoms with Crippen molar-refractivity contribution in [1.82, 2.24) is 9.97 Å². The van der Waals surface area contributed by atoms with Gasteiger partial charge in [0.15, 0.2) is 5.82 Å². The quantitative estimate of drug-likeness (QED) is 0.678. The van der Waals surface area contributed by atoms with Gasteiger partial charge in [-0.05, 0) is 12.8 Å². The minimum atomic E-state index is -2.94. The number of hydrogen-bond acceptors (Lipinski definition) is 7. The molecule has 1 aromatic heterocycles. The Morgan fingerprint density at radius 3 is 2.79 bits per heavy atom. The summed E-state index contributed by atoms with van der Waals surface area (Å²) < 4.78 is 27.3. The Hall–Kier alpha value is -1.57. The molecule has 1 rings (SSSR count). The maximum atomic E-state index is 11.0. The summed E-state index contributed by atoms with van der Waals surface area (Å²) in [6.07, 6.45) is 3.93. The van der Waals surface area contributed by atoms with Gasteiger partial charge in [-0.1, -0.05) is 6.92 Å². The van der Waals surface area contributed by atoms with Gasteiger partial charge in [0.05, 0.1) is 12.4 Å². The van der Waals surface area contributed by atoms with Crippen molar-refractivity contribution in [2.45, 2.75) is 19.8 Å². The SMILES string of the molecule is CCCOc1ncnc(NCCCS(C)(=O)=O)c1N. The number of sulfone groups is 1. The molecule has 0 spiro atoms. The highest BCUT2D eigenvalue weighted by molar-refractivity contribution is 7.90. The molecule has 0 fully saturated rings. The highest BCUT2D eigenvalue weighted by atomic mass is 32.2. The number of rotatable bonds is 8. The van der Waals surface area contributed by atoms with Gasteiger partial charge < -0.3 is 15.8 Å². The topological polar surface area (TPSA) is 107 Å². The van der Waals surface area contributed by atoms with Crippen molar-refractivity contribution in [2.24, 2.45) is 0 Å². The van der Waals surface area contributed by atoms with E-state index in [0.29, 0.717) is 37.0 Å². The molecule has 0 aliphatic rings. The maximum Gasteiger partial charge on any atom is 0.242 e. The molecule has 0 saturated carbocycles. The summed E-state index contributed by atoms with van der Waals surface area (Å²) in [4.78, 5) is 7.95. The molecule has 7 nitrogen and oxygen atoms in total. The molecule has 1 heterocycles. The summed E-state index contributed by atoms with van der Waals surface area (Å²) in [5, 5.41) is 2.98. The fourth-order valence-corrected chi connectivity index (χ4v) is 2.04. The third kappa shape index (κ3) is 5.73. The number of nitrogens with two attached hydrogens (primary N) is 1. The van der Waals surface area contributed by atoms with Gasteiger partial charge in [-0.2, -0.15) is 4.98 Å². The maximum absolute atomic E-state index is 11.0. The molecule has 0 radical (unpaired) electrons. The van der Waals surface area contributed by atoms with E-state index in [0.717, 1.165) is 6.42 Å². The van der Waals surface area contributed by atoms with Crippen LogP contribution in [0.2, 0.25) is 0 Å². The number of nitrogens with one attached hydrogen (secondary N) is 1. The molecule has 0 aliphatic carbocycles. The lowest BCUT2D eigenvalue weighted by atomic mass is 10.4. The van der Waals surface area contributed by atoms with E-state index in [2.05, 4.69) is 15.3 Å². The summed E-state index contributed by atoms with van der Waals surface area (Å²) in [6.45, 7) is 3.00. The Bertz CT molecular complexity index is 505. The molecule has 0 saturated heterocycles. The Morgan fingerprint density at radius 2 is 2.16 bits per heavy atom. The molecule has 19 heavy (non-hydrogen) atoms. The minimum absolute atomic E-state index is 0.129. The standard InChI is InChI=1S/C11H20N4O3S/c1-3-6-18-11-9(12)10(14-8-15-11)13-5-4-7-19(2,16)17/h8H,3-7,12H2,1-2H3,(H,13,14,15). The van der Waals surface area contributed by atoms with Crippen LogP contribution in [0.25, 0.3) is 0 Å². The van der Waals surface area contributed by atoms with Gasteiger partial charge in [-0.15, -0.1) is 0 Å². The lowest BCUT2D eigenvalue weighted by molar-refractivity contribution is 0.306. The Labute approximate surface area is 113 Å². The fraction of sp³-hybridized carbons (Fsp3) is 0.636. The van der Waals surface area contributed by atoms with Crippen molar-refractivity contribution in [1.29, 1.82) is 0 Å². The lowest BCUT2D eigenvalue weighted by Crippen LogP contribution is -2.12. The van der Waals surface area contributed by atoms with Crippen LogP contribution in [0.15, 0.2) is 6.33 Å². The van der Waals surface area contributed by atoms with E-state index in [1.165, 1.54) is 12.6 Å². The van der Waals surface area contributed by atoms with Crippen LogP contribution in [0.5, 0.6) is 5.88 Å². The molecule has 3 N–H and O–H groups in total. The Kier molecular flexibility index (Phi) is 5.81. The van der Waals surface area contributed by atoms with E-state index in [4.69, 9.17) is 10.5 Å². The van der Waals surface area contributed by atoms with Crippen LogP contribution in [0.4, 0.5) is 11.5 Å². The molecule has 108 valence electrons. The first-order valence-electron chi connectivity index (χ1n) is 6.09. The number of aromatic nitrogens is 2. The predicted molar refractivity (Wildman–Crippen MR) is 75.0 cm³/mol. The Morgan fingerprint density at radius 1 is 1.42 bits per heavy atom. The number of nitrogen functional groups attached to an aromatic ring is 1. The highest BCUT2D eigenvalue weighted by Crippen LogP contribution is 2.24. The van der Waals surface area contributed by atoms with Crippen LogP contribution in [-0.2, 0) is 9.84 Å². The van der Waals surface area contributed by atoms with Crippen molar-refractivity contribution in [3.8, 4) is 5.88 Å². The number of ether oxygens (including phenoxy) is 1. The predicted octanol–water partition coefficient (Wildman–Crippen LogP) is 0.694. The van der Waals surface area contributed by atoms with Gasteiger partial charge in [0.2, 0.25) is 5.88 Å². The zero-order valence-electron chi connectivity index (χ0n) is 11.2. The van der Waals surface area contributed by atoms with Gasteiger partial charge >= 0.3 is 0 Å². The lowest BCUT2D eigenvalue weighted by Gasteiger charge is -2.11. The molecule has 0 bridgehead atoms. The van der Waals surface area contributed by atoms with Crippen LogP contribution < -0.4 is 15.8 Å². The first kappa shape index (κ1) is 15.5. The van der Waals surface area contributed by atoms with E-state index in [1.807, 2.05) is 6.92 Å². The summed E-state index contributed by atoms with van der Waals surface area (Å²) in [5.74, 6) is 0.946. The van der Waals surface area contributed by atoms with Crippen LogP contribution in [0.3, 0.4) is 0 Å². The second-order valence-electron chi connectivity index (χ2n) is 4.20. The molecule has 0 aliphatic heterocycles. The third-order valence-corrected chi connectivity index (χ3v) is 3.30. The molecular weight excluding hydrogens is 268 g/mol. The first-order valence-corrected chi connectivity index (χ1v) is 8.15. The van der Waals surface area contributed by atoms with Gasteiger partial charge in [0.1, 0.15) is 21.9 Å². The van der Waals surface area contributed by atoms with Crippen molar-refractivity contribution in [3.05, 3.63) is 6.33 Å². The molecule has 0 amide bonds. The van der Waals surface area contributed by atoms with Crippen molar-refractivity contribution >= 4 is 21.3 Å². The highest BCUT2D eigenvalue weighted by Gasteiger charge is 2.09. The number of hydrogen-bond donors (Lipinski definition) is 2. The van der Waals surface area contributed by atoms with Crippen molar-refractivity contribution in [3.63, 3.8) is 0 Å². The smallest absolute Gasteiger partial charge is 0.242 e. The van der Waals surface area contributed by atoms with Crippen LogP contribution in [0, 0.1) is 0 Å². The third-order valence-electron chi connectivity index (χ3n) is 2.27. The molecule has 1 aromatic rings. The first-order chi connectivity index (χ1) is 8.94. The summed E-state index contributed by atoms with van der Waals surface area (Å²) in [7, 11) is -2.94. The van der Waals surface area contributed by atoms with Gasteiger partial charge in [0.25, 0.3) is 0 Å². The van der Waals surface area contributed by atoms with Crippen molar-refractivity contribution < 1.29 is 13.2 Å². The van der Waals surface area contributed by atoms with Crippen LogP contribution >= 0.6 is 0 Å². The molecule has 8 heteroatoms. The summed E-state index contributed by atoms with van der Waals surface area (Å²) >= 11 is 0. The average Bonchev–Trinajstić information content (AvgIpc) is 2.33.